The van der Waals surface area contributed by atoms with Crippen molar-refractivity contribution in [3.05, 3.63) is 41.7 Å². The van der Waals surface area contributed by atoms with Crippen molar-refractivity contribution < 1.29 is 4.79 Å². The molecule has 3 aromatic rings. The Bertz CT molecular complexity index is 995. The quantitative estimate of drug-likeness (QED) is 0.654. The molecule has 7 heteroatoms. The van der Waals surface area contributed by atoms with Crippen molar-refractivity contribution in [2.24, 2.45) is 0 Å². The molecule has 1 saturated heterocycles. The summed E-state index contributed by atoms with van der Waals surface area (Å²) in [4.78, 5) is 27.0. The summed E-state index contributed by atoms with van der Waals surface area (Å²) in [7, 11) is 0. The third kappa shape index (κ3) is 2.52. The monoisotopic (exact) mass is 348 g/mol. The van der Waals surface area contributed by atoms with Gasteiger partial charge in [-0.05, 0) is 6.07 Å². The van der Waals surface area contributed by atoms with Gasteiger partial charge in [0.25, 0.3) is 0 Å². The zero-order chi connectivity index (χ0) is 17.5. The van der Waals surface area contributed by atoms with Gasteiger partial charge in [0.2, 0.25) is 5.91 Å². The van der Waals surface area contributed by atoms with E-state index >= 15 is 0 Å². The zero-order valence-electron chi connectivity index (χ0n) is 14.4. The summed E-state index contributed by atoms with van der Waals surface area (Å²) in [6.45, 7) is 3.63. The molecule has 1 fully saturated rings. The number of hydrogen-bond acceptors (Lipinski definition) is 5. The molecule has 7 nitrogen and oxygen atoms in total. The molecule has 1 aromatic carbocycles. The number of carbonyl (C=O) groups is 1. The number of H-pyrrole nitrogens is 1. The van der Waals surface area contributed by atoms with Crippen molar-refractivity contribution in [1.82, 2.24) is 25.6 Å². The van der Waals surface area contributed by atoms with Gasteiger partial charge in [-0.3, -0.25) is 4.79 Å². The summed E-state index contributed by atoms with van der Waals surface area (Å²) >= 11 is 0. The van der Waals surface area contributed by atoms with Gasteiger partial charge < -0.3 is 20.5 Å². The van der Waals surface area contributed by atoms with Crippen molar-refractivity contribution >= 4 is 22.6 Å². The topological polar surface area (TPSA) is 85.9 Å². The summed E-state index contributed by atoms with van der Waals surface area (Å²) in [5, 5.41) is 7.44. The van der Waals surface area contributed by atoms with E-state index in [1.807, 2.05) is 18.3 Å². The average Bonchev–Trinajstić information content (AvgIpc) is 3.25. The Balaban J connectivity index is 1.63. The van der Waals surface area contributed by atoms with E-state index in [1.54, 1.807) is 0 Å². The van der Waals surface area contributed by atoms with E-state index in [4.69, 9.17) is 9.97 Å². The van der Waals surface area contributed by atoms with Crippen molar-refractivity contribution in [1.29, 1.82) is 0 Å². The van der Waals surface area contributed by atoms with Crippen molar-refractivity contribution in [3.63, 3.8) is 0 Å². The second kappa shape index (κ2) is 6.10. The first-order valence-electron chi connectivity index (χ1n) is 8.98. The highest BCUT2D eigenvalue weighted by atomic mass is 16.1. The third-order valence-electron chi connectivity index (χ3n) is 5.11. The number of anilines is 1. The summed E-state index contributed by atoms with van der Waals surface area (Å²) in [5.74, 6) is 1.80. The number of benzene rings is 1. The number of fused-ring (bicyclic) bond motifs is 2. The van der Waals surface area contributed by atoms with E-state index in [0.29, 0.717) is 19.5 Å². The first-order chi connectivity index (χ1) is 12.8. The number of nitrogens with one attached hydrogen (secondary N) is 3. The van der Waals surface area contributed by atoms with Crippen LogP contribution in [0.25, 0.3) is 22.3 Å². The Labute approximate surface area is 150 Å². The standard InChI is InChI=1S/C19H20N6O/c26-17-5-7-25(8-6-21-17)19-14-9-20-11-16(14)23-18(24-19)13-10-22-15-4-2-1-3-12(13)15/h1-4,10,20,22H,5-9,11H2,(H,21,26). The molecule has 3 N–H and O–H groups in total. The number of hydrogen-bond donors (Lipinski definition) is 3. The van der Waals surface area contributed by atoms with E-state index in [9.17, 15) is 4.79 Å². The van der Waals surface area contributed by atoms with Gasteiger partial charge >= 0.3 is 0 Å². The van der Waals surface area contributed by atoms with E-state index in [0.717, 1.165) is 59.0 Å². The van der Waals surface area contributed by atoms with Crippen molar-refractivity contribution in [2.45, 2.75) is 19.5 Å². The molecule has 0 atom stereocenters. The summed E-state index contributed by atoms with van der Waals surface area (Å²) < 4.78 is 0. The lowest BCUT2D eigenvalue weighted by molar-refractivity contribution is -0.120. The number of carbonyl (C=O) groups excluding carboxylic acids is 1. The molecule has 26 heavy (non-hydrogen) atoms. The predicted octanol–water partition coefficient (Wildman–Crippen LogP) is 1.55. The highest BCUT2D eigenvalue weighted by Crippen LogP contribution is 2.31. The normalized spacial score (nSPS) is 17.2. The van der Waals surface area contributed by atoms with E-state index in [-0.39, 0.29) is 5.91 Å². The fourth-order valence-electron chi connectivity index (χ4n) is 3.77. The minimum absolute atomic E-state index is 0.105. The average molecular weight is 348 g/mol. The van der Waals surface area contributed by atoms with Crippen LogP contribution in [0.4, 0.5) is 5.82 Å². The molecule has 0 spiro atoms. The highest BCUT2D eigenvalue weighted by molar-refractivity contribution is 5.94. The number of amides is 1. The second-order valence-electron chi connectivity index (χ2n) is 6.73. The summed E-state index contributed by atoms with van der Waals surface area (Å²) in [6, 6.07) is 8.19. The van der Waals surface area contributed by atoms with Crippen LogP contribution in [0, 0.1) is 0 Å². The van der Waals surface area contributed by atoms with Crippen LogP contribution in [0.5, 0.6) is 0 Å². The van der Waals surface area contributed by atoms with Crippen molar-refractivity contribution in [2.75, 3.05) is 24.5 Å². The molecule has 132 valence electrons. The van der Waals surface area contributed by atoms with Crippen LogP contribution in [0.2, 0.25) is 0 Å². The third-order valence-corrected chi connectivity index (χ3v) is 5.11. The smallest absolute Gasteiger partial charge is 0.221 e. The molecule has 0 saturated carbocycles. The number of rotatable bonds is 2. The van der Waals surface area contributed by atoms with E-state index < -0.39 is 0 Å². The second-order valence-corrected chi connectivity index (χ2v) is 6.73. The molecule has 2 aromatic heterocycles. The summed E-state index contributed by atoms with van der Waals surface area (Å²) in [6.07, 6.45) is 2.47. The van der Waals surface area contributed by atoms with E-state index in [1.165, 1.54) is 0 Å². The first-order valence-corrected chi connectivity index (χ1v) is 8.98. The lowest BCUT2D eigenvalue weighted by atomic mass is 10.1. The van der Waals surface area contributed by atoms with Gasteiger partial charge in [-0.25, -0.2) is 9.97 Å². The zero-order valence-corrected chi connectivity index (χ0v) is 14.4. The minimum Gasteiger partial charge on any atom is -0.360 e. The van der Waals surface area contributed by atoms with Crippen LogP contribution in [0.15, 0.2) is 30.5 Å². The molecule has 2 aliphatic heterocycles. The van der Waals surface area contributed by atoms with Crippen LogP contribution in [0.1, 0.15) is 17.7 Å². The molecule has 0 bridgehead atoms. The Hall–Kier alpha value is -2.93. The van der Waals surface area contributed by atoms with Crippen LogP contribution in [-0.4, -0.2) is 40.5 Å². The maximum Gasteiger partial charge on any atom is 0.221 e. The highest BCUT2D eigenvalue weighted by Gasteiger charge is 2.25. The Morgan fingerprint density at radius 1 is 1.08 bits per heavy atom. The Kier molecular flexibility index (Phi) is 3.60. The largest absolute Gasteiger partial charge is 0.360 e. The van der Waals surface area contributed by atoms with Crippen LogP contribution in [-0.2, 0) is 17.9 Å². The number of para-hydroxylation sites is 1. The number of nitrogens with zero attached hydrogens (tertiary/aromatic N) is 3. The molecule has 0 aliphatic carbocycles. The van der Waals surface area contributed by atoms with Crippen LogP contribution in [0.3, 0.4) is 0 Å². The van der Waals surface area contributed by atoms with Gasteiger partial charge in [0, 0.05) is 67.4 Å². The first kappa shape index (κ1) is 15.3. The fraction of sp³-hybridized carbons (Fsp3) is 0.316. The van der Waals surface area contributed by atoms with Crippen LogP contribution >= 0.6 is 0 Å². The van der Waals surface area contributed by atoms with Crippen molar-refractivity contribution in [3.8, 4) is 11.4 Å². The number of aromatic nitrogens is 3. The lowest BCUT2D eigenvalue weighted by Crippen LogP contribution is -2.30. The van der Waals surface area contributed by atoms with Gasteiger partial charge in [-0.2, -0.15) is 0 Å². The Morgan fingerprint density at radius 3 is 2.96 bits per heavy atom. The van der Waals surface area contributed by atoms with Gasteiger partial charge in [-0.15, -0.1) is 0 Å². The van der Waals surface area contributed by atoms with Gasteiger partial charge in [0.1, 0.15) is 5.82 Å². The minimum atomic E-state index is 0.105. The van der Waals surface area contributed by atoms with E-state index in [2.05, 4.69) is 32.7 Å². The summed E-state index contributed by atoms with van der Waals surface area (Å²) in [5.41, 5.74) is 4.30. The molecule has 5 rings (SSSR count). The molecule has 0 unspecified atom stereocenters. The molecule has 2 aliphatic rings. The van der Waals surface area contributed by atoms with Gasteiger partial charge in [0.05, 0.1) is 5.69 Å². The maximum atomic E-state index is 11.7. The van der Waals surface area contributed by atoms with Crippen LogP contribution < -0.4 is 15.5 Å². The lowest BCUT2D eigenvalue weighted by Gasteiger charge is -2.23. The predicted molar refractivity (Wildman–Crippen MR) is 99.7 cm³/mol. The molecular weight excluding hydrogens is 328 g/mol. The maximum absolute atomic E-state index is 11.7. The Morgan fingerprint density at radius 2 is 2.00 bits per heavy atom. The molecular formula is C19H20N6O. The van der Waals surface area contributed by atoms with Gasteiger partial charge in [0.15, 0.2) is 5.82 Å². The number of aromatic amines is 1. The molecule has 4 heterocycles. The fourth-order valence-corrected chi connectivity index (χ4v) is 3.77. The molecule has 1 amide bonds. The molecule has 0 radical (unpaired) electrons. The van der Waals surface area contributed by atoms with Gasteiger partial charge in [-0.1, -0.05) is 18.2 Å². The SMILES string of the molecule is O=C1CCN(c2nc(-c3c[nH]c4ccccc34)nc3c2CNC3)CCN1.